The average molecular weight is 340 g/mol. The molecule has 0 radical (unpaired) electrons. The van der Waals surface area contributed by atoms with Crippen LogP contribution in [0.15, 0.2) is 24.4 Å². The minimum absolute atomic E-state index is 0.00667. The van der Waals surface area contributed by atoms with Crippen molar-refractivity contribution in [2.75, 3.05) is 0 Å². The molecule has 1 unspecified atom stereocenters. The van der Waals surface area contributed by atoms with Crippen LogP contribution in [0.1, 0.15) is 41.4 Å². The molecule has 0 bridgehead atoms. The van der Waals surface area contributed by atoms with Crippen molar-refractivity contribution >= 4 is 16.8 Å². The molecule has 0 saturated carbocycles. The molecule has 2 aromatic heterocycles. The summed E-state index contributed by atoms with van der Waals surface area (Å²) >= 11 is 0. The molecule has 1 amide bonds. The third-order valence-corrected chi connectivity index (χ3v) is 5.13. The summed E-state index contributed by atoms with van der Waals surface area (Å²) in [6.45, 7) is 1.92. The van der Waals surface area contributed by atoms with E-state index < -0.39 is 0 Å². The van der Waals surface area contributed by atoms with Gasteiger partial charge in [-0.1, -0.05) is 0 Å². The predicted octanol–water partition coefficient (Wildman–Crippen LogP) is 3.09. The van der Waals surface area contributed by atoms with Crippen molar-refractivity contribution in [1.82, 2.24) is 20.1 Å². The molecular weight excluding hydrogens is 319 g/mol. The number of nitrogens with one attached hydrogen (secondary N) is 2. The average Bonchev–Trinajstić information content (AvgIpc) is 3.10. The molecular formula is C19H21FN4O. The lowest BCUT2D eigenvalue weighted by molar-refractivity contribution is -0.121. The van der Waals surface area contributed by atoms with Gasteiger partial charge < -0.3 is 10.3 Å². The van der Waals surface area contributed by atoms with Crippen LogP contribution in [0.3, 0.4) is 0 Å². The Hall–Kier alpha value is -2.63. The molecule has 1 aliphatic rings. The third kappa shape index (κ3) is 2.81. The number of benzene rings is 1. The SMILES string of the molecule is Cc1[nH]c2ccc(F)cc2c1CC(=O)NC1CCCc2c1cnn2C. The molecule has 130 valence electrons. The van der Waals surface area contributed by atoms with Gasteiger partial charge in [-0.3, -0.25) is 9.48 Å². The molecule has 6 heteroatoms. The molecule has 4 rings (SSSR count). The smallest absolute Gasteiger partial charge is 0.224 e. The Morgan fingerprint density at radius 1 is 1.48 bits per heavy atom. The van der Waals surface area contributed by atoms with Gasteiger partial charge in [-0.2, -0.15) is 5.10 Å². The number of hydrogen-bond acceptors (Lipinski definition) is 2. The summed E-state index contributed by atoms with van der Waals surface area (Å²) in [7, 11) is 1.94. The van der Waals surface area contributed by atoms with Crippen LogP contribution in [0.5, 0.6) is 0 Å². The molecule has 0 saturated heterocycles. The van der Waals surface area contributed by atoms with Crippen molar-refractivity contribution < 1.29 is 9.18 Å². The van der Waals surface area contributed by atoms with Gasteiger partial charge in [0.25, 0.3) is 0 Å². The molecule has 1 aliphatic carbocycles. The predicted molar refractivity (Wildman–Crippen MR) is 93.7 cm³/mol. The Labute approximate surface area is 145 Å². The first-order valence-corrected chi connectivity index (χ1v) is 8.60. The fourth-order valence-electron chi connectivity index (χ4n) is 3.84. The van der Waals surface area contributed by atoms with E-state index in [0.717, 1.165) is 47.0 Å². The van der Waals surface area contributed by atoms with Crippen LogP contribution in [-0.4, -0.2) is 20.7 Å². The van der Waals surface area contributed by atoms with Gasteiger partial charge in [-0.25, -0.2) is 4.39 Å². The van der Waals surface area contributed by atoms with Gasteiger partial charge >= 0.3 is 0 Å². The number of H-pyrrole nitrogens is 1. The van der Waals surface area contributed by atoms with Gasteiger partial charge in [0, 0.05) is 34.9 Å². The van der Waals surface area contributed by atoms with E-state index in [-0.39, 0.29) is 24.2 Å². The number of amides is 1. The summed E-state index contributed by atoms with van der Waals surface area (Å²) in [5, 5.41) is 8.22. The molecule has 0 aliphatic heterocycles. The number of aromatic amines is 1. The molecule has 2 heterocycles. The van der Waals surface area contributed by atoms with Gasteiger partial charge in [-0.05, 0) is 49.9 Å². The molecule has 0 fully saturated rings. The lowest BCUT2D eigenvalue weighted by Gasteiger charge is -2.23. The van der Waals surface area contributed by atoms with Crippen LogP contribution in [0.2, 0.25) is 0 Å². The number of hydrogen-bond donors (Lipinski definition) is 2. The van der Waals surface area contributed by atoms with Gasteiger partial charge in [0.2, 0.25) is 5.91 Å². The number of halogens is 1. The second-order valence-electron chi connectivity index (χ2n) is 6.78. The molecule has 1 atom stereocenters. The maximum absolute atomic E-state index is 13.6. The highest BCUT2D eigenvalue weighted by Crippen LogP contribution is 2.29. The van der Waals surface area contributed by atoms with E-state index in [1.54, 1.807) is 6.07 Å². The lowest BCUT2D eigenvalue weighted by Crippen LogP contribution is -2.32. The van der Waals surface area contributed by atoms with E-state index in [2.05, 4.69) is 15.4 Å². The zero-order valence-electron chi connectivity index (χ0n) is 14.4. The van der Waals surface area contributed by atoms with Crippen LogP contribution in [0, 0.1) is 12.7 Å². The highest BCUT2D eigenvalue weighted by Gasteiger charge is 2.25. The minimum Gasteiger partial charge on any atom is -0.358 e. The lowest BCUT2D eigenvalue weighted by atomic mass is 9.92. The quantitative estimate of drug-likeness (QED) is 0.770. The molecule has 2 N–H and O–H groups in total. The van der Waals surface area contributed by atoms with E-state index >= 15 is 0 Å². The highest BCUT2D eigenvalue weighted by molar-refractivity contribution is 5.90. The number of nitrogens with zero attached hydrogens (tertiary/aromatic N) is 2. The number of carbonyl (C=O) groups is 1. The summed E-state index contributed by atoms with van der Waals surface area (Å²) in [4.78, 5) is 15.9. The van der Waals surface area contributed by atoms with E-state index in [4.69, 9.17) is 0 Å². The first-order valence-electron chi connectivity index (χ1n) is 8.60. The Morgan fingerprint density at radius 2 is 2.32 bits per heavy atom. The summed E-state index contributed by atoms with van der Waals surface area (Å²) in [6.07, 6.45) is 5.05. The summed E-state index contributed by atoms with van der Waals surface area (Å²) < 4.78 is 15.5. The normalized spacial score (nSPS) is 16.8. The van der Waals surface area contributed by atoms with Gasteiger partial charge in [-0.15, -0.1) is 0 Å². The summed E-state index contributed by atoms with van der Waals surface area (Å²) in [5.74, 6) is -0.338. The topological polar surface area (TPSA) is 62.7 Å². The van der Waals surface area contributed by atoms with Crippen LogP contribution in [0.4, 0.5) is 4.39 Å². The molecule has 0 spiro atoms. The van der Waals surface area contributed by atoms with Crippen molar-refractivity contribution in [3.05, 3.63) is 52.7 Å². The maximum Gasteiger partial charge on any atom is 0.224 e. The van der Waals surface area contributed by atoms with Gasteiger partial charge in [0.05, 0.1) is 18.7 Å². The van der Waals surface area contributed by atoms with E-state index in [1.807, 2.05) is 24.9 Å². The number of carbonyl (C=O) groups excluding carboxylic acids is 1. The monoisotopic (exact) mass is 340 g/mol. The van der Waals surface area contributed by atoms with Crippen LogP contribution in [0.25, 0.3) is 10.9 Å². The van der Waals surface area contributed by atoms with Crippen molar-refractivity contribution in [2.24, 2.45) is 7.05 Å². The first kappa shape index (κ1) is 15.9. The fraction of sp³-hybridized carbons (Fsp3) is 0.368. The number of aromatic nitrogens is 3. The molecule has 3 aromatic rings. The number of aryl methyl sites for hydroxylation is 2. The zero-order valence-corrected chi connectivity index (χ0v) is 14.4. The zero-order chi connectivity index (χ0) is 17.6. The van der Waals surface area contributed by atoms with Crippen molar-refractivity contribution in [3.63, 3.8) is 0 Å². The van der Waals surface area contributed by atoms with Gasteiger partial charge in [0.15, 0.2) is 0 Å². The standard InChI is InChI=1S/C19H21FN4O/c1-11-13(14-8-12(20)6-7-17(14)22-11)9-19(25)23-16-4-3-5-18-15(16)10-21-24(18)2/h6-8,10,16,22H,3-5,9H2,1-2H3,(H,23,25). The number of fused-ring (bicyclic) bond motifs is 2. The van der Waals surface area contributed by atoms with Crippen molar-refractivity contribution in [3.8, 4) is 0 Å². The van der Waals surface area contributed by atoms with Crippen LogP contribution >= 0.6 is 0 Å². The minimum atomic E-state index is -0.291. The number of rotatable bonds is 3. The van der Waals surface area contributed by atoms with Crippen LogP contribution < -0.4 is 5.32 Å². The highest BCUT2D eigenvalue weighted by atomic mass is 19.1. The van der Waals surface area contributed by atoms with Gasteiger partial charge in [0.1, 0.15) is 5.82 Å². The molecule has 5 nitrogen and oxygen atoms in total. The van der Waals surface area contributed by atoms with Crippen molar-refractivity contribution in [2.45, 2.75) is 38.6 Å². The van der Waals surface area contributed by atoms with E-state index in [1.165, 1.54) is 17.8 Å². The Morgan fingerprint density at radius 3 is 3.16 bits per heavy atom. The molecule has 1 aromatic carbocycles. The second-order valence-corrected chi connectivity index (χ2v) is 6.78. The maximum atomic E-state index is 13.6. The third-order valence-electron chi connectivity index (χ3n) is 5.13. The molecule has 25 heavy (non-hydrogen) atoms. The summed E-state index contributed by atoms with van der Waals surface area (Å²) in [6, 6.07) is 4.63. The van der Waals surface area contributed by atoms with E-state index in [9.17, 15) is 9.18 Å². The fourth-order valence-corrected chi connectivity index (χ4v) is 3.84. The first-order chi connectivity index (χ1) is 12.0. The summed E-state index contributed by atoms with van der Waals surface area (Å²) in [5.41, 5.74) is 4.93. The van der Waals surface area contributed by atoms with Crippen molar-refractivity contribution in [1.29, 1.82) is 0 Å². The van der Waals surface area contributed by atoms with E-state index in [0.29, 0.717) is 0 Å². The van der Waals surface area contributed by atoms with Crippen LogP contribution in [-0.2, 0) is 24.7 Å². The second kappa shape index (κ2) is 6.02. The Balaban J connectivity index is 1.56. The largest absolute Gasteiger partial charge is 0.358 e. The Kier molecular flexibility index (Phi) is 3.82. The Bertz CT molecular complexity index is 956.